The van der Waals surface area contributed by atoms with Crippen LogP contribution in [0.1, 0.15) is 61.9 Å². The van der Waals surface area contributed by atoms with Crippen LogP contribution >= 0.6 is 35.0 Å². The topological polar surface area (TPSA) is 119 Å². The van der Waals surface area contributed by atoms with Gasteiger partial charge < -0.3 is 15.1 Å². The maximum atomic E-state index is 14.5. The fraction of sp³-hybridized carbons (Fsp3) is 0.400. The third-order valence-electron chi connectivity index (χ3n) is 11.4. The first-order valence-corrected chi connectivity index (χ1v) is 25.3. The van der Waals surface area contributed by atoms with E-state index in [9.17, 15) is 30.4 Å². The Hall–Kier alpha value is -3.70. The Morgan fingerprint density at radius 3 is 2.19 bits per heavy atom. The Labute approximate surface area is 379 Å². The van der Waals surface area contributed by atoms with E-state index >= 15 is 0 Å². The molecule has 2 N–H and O–H groups in total. The molecule has 0 saturated carbocycles. The average Bonchev–Trinajstić information content (AvgIpc) is 3.25. The van der Waals surface area contributed by atoms with Crippen LogP contribution < -0.4 is 14.9 Å². The molecule has 0 bridgehead atoms. The van der Waals surface area contributed by atoms with Gasteiger partial charge in [-0.1, -0.05) is 47.5 Å². The summed E-state index contributed by atoms with van der Waals surface area (Å²) in [5.41, 5.74) is 4.80. The number of halogens is 4. The minimum atomic E-state index is -5.61. The second kappa shape index (κ2) is 20.9. The Kier molecular flexibility index (Phi) is 16.1. The number of sulfonamides is 1. The summed E-state index contributed by atoms with van der Waals surface area (Å²) < 4.78 is 79.9. The molecule has 1 atom stereocenters. The number of carbonyl (C=O) groups is 1. The summed E-state index contributed by atoms with van der Waals surface area (Å²) in [6, 6.07) is 26.7. The number of allylic oxidation sites excluding steroid dienone is 1. The maximum Gasteiger partial charge on any atom is 0.427 e. The van der Waals surface area contributed by atoms with Crippen molar-refractivity contribution in [2.24, 2.45) is 0 Å². The highest BCUT2D eigenvalue weighted by atomic mass is 35.5. The number of hydrogen-bond donors (Lipinski definition) is 2. The molecule has 1 fully saturated rings. The average molecular weight is 949 g/mol. The number of benzene rings is 4. The third kappa shape index (κ3) is 12.3. The Morgan fingerprint density at radius 2 is 1.55 bits per heavy atom. The van der Waals surface area contributed by atoms with Crippen molar-refractivity contribution in [1.29, 1.82) is 0 Å². The van der Waals surface area contributed by atoms with E-state index < -0.39 is 46.3 Å². The van der Waals surface area contributed by atoms with Gasteiger partial charge in [-0.15, -0.1) is 11.8 Å². The lowest BCUT2D eigenvalue weighted by atomic mass is 9.87. The van der Waals surface area contributed by atoms with E-state index in [1.807, 2.05) is 68.1 Å². The first-order valence-electron chi connectivity index (χ1n) is 20.6. The number of nitrogens with zero attached hydrogens (tertiary/aromatic N) is 3. The van der Waals surface area contributed by atoms with E-state index in [4.69, 9.17) is 23.2 Å². The monoisotopic (exact) mass is 947 g/mol. The highest BCUT2D eigenvalue weighted by molar-refractivity contribution is 7.99. The normalized spacial score (nSPS) is 16.2. The highest BCUT2D eigenvalue weighted by Gasteiger charge is 2.46. The smallest absolute Gasteiger partial charge is 0.380 e. The minimum absolute atomic E-state index is 0.0403. The number of thioether (sulfide) groups is 1. The molecule has 1 saturated heterocycles. The van der Waals surface area contributed by atoms with Gasteiger partial charge in [-0.3, -0.25) is 9.69 Å². The molecule has 0 unspecified atom stereocenters. The highest BCUT2D eigenvalue weighted by Crippen LogP contribution is 2.38. The summed E-state index contributed by atoms with van der Waals surface area (Å²) in [7, 11) is -8.42. The number of nitrogens with one attached hydrogen (secondary N) is 2. The molecular formula is C45H53Cl2F2N5O5S3. The predicted molar refractivity (Wildman–Crippen MR) is 248 cm³/mol. The van der Waals surface area contributed by atoms with Crippen LogP contribution in [0.25, 0.3) is 5.57 Å². The van der Waals surface area contributed by atoms with E-state index in [-0.39, 0.29) is 17.3 Å². The number of alkyl halides is 3. The van der Waals surface area contributed by atoms with Crippen molar-refractivity contribution < 1.29 is 30.4 Å². The van der Waals surface area contributed by atoms with Gasteiger partial charge in [0.1, 0.15) is 0 Å². The first-order chi connectivity index (χ1) is 29.4. The van der Waals surface area contributed by atoms with Crippen LogP contribution in [0.4, 0.5) is 20.2 Å². The van der Waals surface area contributed by atoms with Gasteiger partial charge in [-0.25, -0.2) is 21.6 Å². The van der Waals surface area contributed by atoms with Crippen molar-refractivity contribution in [3.8, 4) is 0 Å². The van der Waals surface area contributed by atoms with Crippen molar-refractivity contribution in [3.63, 3.8) is 0 Å². The Balaban J connectivity index is 1.13. The van der Waals surface area contributed by atoms with Crippen molar-refractivity contribution in [2.45, 2.75) is 77.4 Å². The lowest BCUT2D eigenvalue weighted by Gasteiger charge is -2.37. The SMILES string of the molecule is CC(C)N(C)CC[C@H](CSc1ccccc1)Nc1ccc(S(=O)(=O)NC(=O)c2ccc(N3CCN(CC4=C(c5ccc(Cl)cc5)CCCC4)CC3)cc2)cc1S(=O)(=O)C(F)(F)Cl. The summed E-state index contributed by atoms with van der Waals surface area (Å²) in [4.78, 5) is 19.3. The summed E-state index contributed by atoms with van der Waals surface area (Å²) >= 11 is 12.8. The summed E-state index contributed by atoms with van der Waals surface area (Å²) in [5, 5.41) is 3.81. The fourth-order valence-electron chi connectivity index (χ4n) is 7.52. The second-order valence-corrected chi connectivity index (χ2v) is 21.8. The van der Waals surface area contributed by atoms with Crippen LogP contribution in [-0.2, 0) is 19.9 Å². The zero-order chi connectivity index (χ0) is 44.7. The zero-order valence-corrected chi connectivity index (χ0v) is 39.0. The largest absolute Gasteiger partial charge is 0.427 e. The number of carbonyl (C=O) groups excluding carboxylic acids is 1. The van der Waals surface area contributed by atoms with E-state index in [1.54, 1.807) is 12.1 Å². The molecule has 0 aromatic heterocycles. The van der Waals surface area contributed by atoms with E-state index in [0.717, 1.165) is 73.3 Å². The van der Waals surface area contributed by atoms with Crippen LogP contribution in [0, 0.1) is 0 Å². The van der Waals surface area contributed by atoms with Gasteiger partial charge in [0, 0.05) is 78.3 Å². The maximum absolute atomic E-state index is 14.5. The van der Waals surface area contributed by atoms with Gasteiger partial charge in [0.25, 0.3) is 25.8 Å². The molecule has 17 heteroatoms. The molecule has 0 spiro atoms. The van der Waals surface area contributed by atoms with Crippen LogP contribution in [-0.4, -0.2) is 101 Å². The van der Waals surface area contributed by atoms with Gasteiger partial charge in [0.15, 0.2) is 0 Å². The molecule has 334 valence electrons. The zero-order valence-electron chi connectivity index (χ0n) is 35.0. The van der Waals surface area contributed by atoms with Crippen LogP contribution in [0.15, 0.2) is 117 Å². The second-order valence-electron chi connectivity index (χ2n) is 16.0. The molecule has 1 aliphatic heterocycles. The van der Waals surface area contributed by atoms with Crippen LogP contribution in [0.3, 0.4) is 0 Å². The lowest BCUT2D eigenvalue weighted by molar-refractivity contribution is 0.0981. The number of amides is 1. The molecule has 4 aromatic rings. The van der Waals surface area contributed by atoms with Crippen LogP contribution in [0.2, 0.25) is 5.02 Å². The van der Waals surface area contributed by atoms with Crippen molar-refractivity contribution in [2.75, 3.05) is 62.3 Å². The van der Waals surface area contributed by atoms with Gasteiger partial charge in [-0.2, -0.15) is 8.78 Å². The van der Waals surface area contributed by atoms with Gasteiger partial charge in [-0.05, 0) is 142 Å². The standard InChI is InChI=1S/C45H53Cl2F2N5O5S3/c1-32(2)52(3)24-23-37(31-60-39-10-5-4-6-11-39)50-42-22-21-40(29-43(42)61(56,57)45(47,48)49)62(58,59)51-44(55)34-15-19-38(20-16-34)54-27-25-53(26-28-54)30-35-9-7-8-12-41(35)33-13-17-36(46)18-14-33/h4-6,10-11,13-22,29,32,37,50H,7-9,12,23-28,30-31H2,1-3H3,(H,51,55)/t37-/m1/s1. The van der Waals surface area contributed by atoms with Crippen molar-refractivity contribution >= 4 is 77.7 Å². The molecular weight excluding hydrogens is 896 g/mol. The van der Waals surface area contributed by atoms with Crippen LogP contribution in [0.5, 0.6) is 0 Å². The predicted octanol–water partition coefficient (Wildman–Crippen LogP) is 9.47. The molecule has 2 aliphatic rings. The molecule has 4 aromatic carbocycles. The molecule has 0 radical (unpaired) electrons. The third-order valence-corrected chi connectivity index (χ3v) is 16.3. The van der Waals surface area contributed by atoms with E-state index in [0.29, 0.717) is 24.8 Å². The molecule has 1 aliphatic carbocycles. The van der Waals surface area contributed by atoms with Crippen molar-refractivity contribution in [1.82, 2.24) is 14.5 Å². The van der Waals surface area contributed by atoms with E-state index in [2.05, 4.69) is 32.1 Å². The van der Waals surface area contributed by atoms with Gasteiger partial charge >= 0.3 is 4.71 Å². The molecule has 1 amide bonds. The van der Waals surface area contributed by atoms with Gasteiger partial charge in [0.05, 0.1) is 15.5 Å². The minimum Gasteiger partial charge on any atom is -0.380 e. The molecule has 62 heavy (non-hydrogen) atoms. The fourth-order valence-corrected chi connectivity index (χ4v) is 10.9. The molecule has 6 rings (SSSR count). The first kappa shape index (κ1) is 47.8. The number of hydrogen-bond acceptors (Lipinski definition) is 10. The van der Waals surface area contributed by atoms with Crippen molar-refractivity contribution in [3.05, 3.63) is 119 Å². The Morgan fingerprint density at radius 1 is 0.887 bits per heavy atom. The summed E-state index contributed by atoms with van der Waals surface area (Å²) in [5.74, 6) is -0.539. The summed E-state index contributed by atoms with van der Waals surface area (Å²) in [6.45, 7) is 8.79. The van der Waals surface area contributed by atoms with Gasteiger partial charge in [0.2, 0.25) is 0 Å². The lowest BCUT2D eigenvalue weighted by Crippen LogP contribution is -2.47. The Bertz CT molecular complexity index is 2410. The quantitative estimate of drug-likeness (QED) is 0.0738. The van der Waals surface area contributed by atoms with E-state index in [1.165, 1.54) is 53.4 Å². The number of rotatable bonds is 18. The summed E-state index contributed by atoms with van der Waals surface area (Å²) in [6.07, 6.45) is 5.00. The number of piperazine rings is 1. The molecule has 1 heterocycles. The number of anilines is 2. The number of sulfone groups is 1. The molecule has 10 nitrogen and oxygen atoms in total.